The van der Waals surface area contributed by atoms with E-state index in [0.29, 0.717) is 17.1 Å². The van der Waals surface area contributed by atoms with Gasteiger partial charge in [-0.25, -0.2) is 4.79 Å². The molecule has 0 radical (unpaired) electrons. The van der Waals surface area contributed by atoms with Crippen LogP contribution in [0, 0.1) is 5.92 Å². The van der Waals surface area contributed by atoms with Crippen LogP contribution in [0.2, 0.25) is 0 Å². The number of thiophene rings is 1. The molecule has 0 fully saturated rings. The first-order valence-corrected chi connectivity index (χ1v) is 8.81. The first-order valence-electron chi connectivity index (χ1n) is 7.93. The molecule has 0 spiro atoms. The van der Waals surface area contributed by atoms with Gasteiger partial charge in [-0.05, 0) is 17.5 Å². The molecule has 0 bridgehead atoms. The fraction of sp³-hybridized carbons (Fsp3) is 0.278. The van der Waals surface area contributed by atoms with Crippen LogP contribution in [0.3, 0.4) is 0 Å². The number of amides is 3. The van der Waals surface area contributed by atoms with Gasteiger partial charge in [0.1, 0.15) is 6.29 Å². The van der Waals surface area contributed by atoms with Crippen molar-refractivity contribution in [1.29, 1.82) is 0 Å². The third-order valence-corrected chi connectivity index (χ3v) is 4.40. The van der Waals surface area contributed by atoms with Gasteiger partial charge in [0, 0.05) is 11.9 Å². The second kappa shape index (κ2) is 8.98. The highest BCUT2D eigenvalue weighted by molar-refractivity contribution is 7.14. The molecule has 1 aromatic heterocycles. The Balaban J connectivity index is 1.87. The van der Waals surface area contributed by atoms with Crippen LogP contribution in [-0.4, -0.2) is 24.3 Å². The highest BCUT2D eigenvalue weighted by Crippen LogP contribution is 2.20. The van der Waals surface area contributed by atoms with Gasteiger partial charge in [-0.3, -0.25) is 10.1 Å². The Hall–Kier alpha value is -2.67. The van der Waals surface area contributed by atoms with Gasteiger partial charge in [0.15, 0.2) is 0 Å². The van der Waals surface area contributed by atoms with Crippen LogP contribution in [0.1, 0.15) is 29.8 Å². The Bertz CT molecular complexity index is 728. The van der Waals surface area contributed by atoms with E-state index in [1.54, 1.807) is 11.4 Å². The molecule has 0 aliphatic carbocycles. The predicted molar refractivity (Wildman–Crippen MR) is 98.8 cm³/mol. The van der Waals surface area contributed by atoms with Gasteiger partial charge in [-0.1, -0.05) is 44.2 Å². The zero-order chi connectivity index (χ0) is 18.2. The van der Waals surface area contributed by atoms with Crippen molar-refractivity contribution < 1.29 is 14.4 Å². The summed E-state index contributed by atoms with van der Waals surface area (Å²) in [6, 6.07) is 10.3. The van der Waals surface area contributed by atoms with Gasteiger partial charge < -0.3 is 15.4 Å². The molecule has 6 nitrogen and oxygen atoms in total. The molecule has 1 atom stereocenters. The van der Waals surface area contributed by atoms with Gasteiger partial charge in [0.2, 0.25) is 0 Å². The average Bonchev–Trinajstić information content (AvgIpc) is 3.07. The maximum atomic E-state index is 12.1. The molecule has 1 unspecified atom stereocenters. The Kier molecular flexibility index (Phi) is 6.71. The Morgan fingerprint density at radius 2 is 1.92 bits per heavy atom. The molecule has 0 aliphatic heterocycles. The summed E-state index contributed by atoms with van der Waals surface area (Å²) in [5.74, 6) is -0.318. The lowest BCUT2D eigenvalue weighted by atomic mass is 10.1. The van der Waals surface area contributed by atoms with E-state index in [-0.39, 0.29) is 17.9 Å². The number of aldehydes is 1. The topological polar surface area (TPSA) is 87.3 Å². The van der Waals surface area contributed by atoms with E-state index in [0.717, 1.165) is 11.8 Å². The molecule has 3 N–H and O–H groups in total. The molecule has 0 saturated carbocycles. The molecule has 7 heteroatoms. The lowest BCUT2D eigenvalue weighted by Crippen LogP contribution is -2.39. The molecular weight excluding hydrogens is 338 g/mol. The second-order valence-electron chi connectivity index (χ2n) is 5.87. The Morgan fingerprint density at radius 1 is 1.20 bits per heavy atom. The number of anilines is 1. The van der Waals surface area contributed by atoms with Crippen LogP contribution in [0.25, 0.3) is 0 Å². The summed E-state index contributed by atoms with van der Waals surface area (Å²) in [4.78, 5) is 35.0. The summed E-state index contributed by atoms with van der Waals surface area (Å²) in [6.45, 7) is 4.13. The van der Waals surface area contributed by atoms with Gasteiger partial charge in [-0.15, -0.1) is 11.3 Å². The van der Waals surface area contributed by atoms with Crippen molar-refractivity contribution in [3.63, 3.8) is 0 Å². The first kappa shape index (κ1) is 18.7. The maximum Gasteiger partial charge on any atom is 0.320 e. The van der Waals surface area contributed by atoms with Crippen LogP contribution in [0.15, 0.2) is 41.8 Å². The van der Waals surface area contributed by atoms with E-state index in [1.807, 2.05) is 44.2 Å². The van der Waals surface area contributed by atoms with Crippen LogP contribution < -0.4 is 16.0 Å². The SMILES string of the molecule is CC(C)C(C=O)NC(=O)c1csc(NC(=O)NCc2ccccc2)c1. The van der Waals surface area contributed by atoms with Crippen LogP contribution in [-0.2, 0) is 11.3 Å². The minimum Gasteiger partial charge on any atom is -0.342 e. The zero-order valence-corrected chi connectivity index (χ0v) is 14.9. The van der Waals surface area contributed by atoms with E-state index in [2.05, 4.69) is 16.0 Å². The number of urea groups is 1. The molecule has 2 aromatic rings. The number of carbonyl (C=O) groups is 3. The lowest BCUT2D eigenvalue weighted by molar-refractivity contribution is -0.110. The maximum absolute atomic E-state index is 12.1. The number of nitrogens with one attached hydrogen (secondary N) is 3. The van der Waals surface area contributed by atoms with Crippen LogP contribution >= 0.6 is 11.3 Å². The largest absolute Gasteiger partial charge is 0.342 e. The minimum absolute atomic E-state index is 0.0152. The van der Waals surface area contributed by atoms with Crippen molar-refractivity contribution in [3.8, 4) is 0 Å². The molecule has 132 valence electrons. The number of hydrogen-bond acceptors (Lipinski definition) is 4. The van der Waals surface area contributed by atoms with Crippen molar-refractivity contribution in [2.75, 3.05) is 5.32 Å². The summed E-state index contributed by atoms with van der Waals surface area (Å²) < 4.78 is 0. The zero-order valence-electron chi connectivity index (χ0n) is 14.1. The molecule has 1 aromatic carbocycles. The molecule has 1 heterocycles. The summed E-state index contributed by atoms with van der Waals surface area (Å²) >= 11 is 1.25. The molecule has 25 heavy (non-hydrogen) atoms. The second-order valence-corrected chi connectivity index (χ2v) is 6.78. The van der Waals surface area contributed by atoms with Gasteiger partial charge in [0.25, 0.3) is 5.91 Å². The fourth-order valence-electron chi connectivity index (χ4n) is 2.05. The van der Waals surface area contributed by atoms with E-state index in [4.69, 9.17) is 0 Å². The lowest BCUT2D eigenvalue weighted by Gasteiger charge is -2.15. The van der Waals surface area contributed by atoms with Gasteiger partial charge >= 0.3 is 6.03 Å². The standard InChI is InChI=1S/C18H21N3O3S/c1-12(2)15(10-22)20-17(23)14-8-16(25-11-14)21-18(24)19-9-13-6-4-3-5-7-13/h3-8,10-12,15H,9H2,1-2H3,(H,20,23)(H2,19,21,24). The molecule has 0 aliphatic rings. The average molecular weight is 359 g/mol. The predicted octanol–water partition coefficient (Wildman–Crippen LogP) is 3.02. The third kappa shape index (κ3) is 5.72. The number of rotatable bonds is 7. The van der Waals surface area contributed by atoms with Crippen LogP contribution in [0.4, 0.5) is 9.80 Å². The van der Waals surface area contributed by atoms with E-state index in [1.165, 1.54) is 11.3 Å². The van der Waals surface area contributed by atoms with E-state index >= 15 is 0 Å². The van der Waals surface area contributed by atoms with Crippen LogP contribution in [0.5, 0.6) is 0 Å². The van der Waals surface area contributed by atoms with Gasteiger partial charge in [0.05, 0.1) is 16.6 Å². The smallest absolute Gasteiger partial charge is 0.320 e. The van der Waals surface area contributed by atoms with Gasteiger partial charge in [-0.2, -0.15) is 0 Å². The highest BCUT2D eigenvalue weighted by atomic mass is 32.1. The first-order chi connectivity index (χ1) is 12.0. The molecule has 3 amide bonds. The van der Waals surface area contributed by atoms with Crippen molar-refractivity contribution >= 4 is 34.6 Å². The Labute approximate surface area is 150 Å². The quantitative estimate of drug-likeness (QED) is 0.664. The van der Waals surface area contributed by atoms with E-state index < -0.39 is 6.04 Å². The third-order valence-electron chi connectivity index (χ3n) is 3.56. The van der Waals surface area contributed by atoms with Crippen molar-refractivity contribution in [1.82, 2.24) is 10.6 Å². The monoisotopic (exact) mass is 359 g/mol. The molecule has 0 saturated heterocycles. The van der Waals surface area contributed by atoms with Crippen molar-refractivity contribution in [2.24, 2.45) is 5.92 Å². The highest BCUT2D eigenvalue weighted by Gasteiger charge is 2.17. The summed E-state index contributed by atoms with van der Waals surface area (Å²) in [7, 11) is 0. The summed E-state index contributed by atoms with van der Waals surface area (Å²) in [5.41, 5.74) is 1.41. The van der Waals surface area contributed by atoms with Crippen molar-refractivity contribution in [2.45, 2.75) is 26.4 Å². The van der Waals surface area contributed by atoms with Crippen molar-refractivity contribution in [3.05, 3.63) is 52.9 Å². The minimum atomic E-state index is -0.530. The molecular formula is C18H21N3O3S. The summed E-state index contributed by atoms with van der Waals surface area (Å²) in [6.07, 6.45) is 0.727. The number of benzene rings is 1. The summed E-state index contributed by atoms with van der Waals surface area (Å²) in [5, 5.41) is 10.3. The molecule has 2 rings (SSSR count). The Morgan fingerprint density at radius 3 is 2.56 bits per heavy atom. The fourth-order valence-corrected chi connectivity index (χ4v) is 2.82. The van der Waals surface area contributed by atoms with E-state index in [9.17, 15) is 14.4 Å². The normalized spacial score (nSPS) is 11.6. The number of hydrogen-bond donors (Lipinski definition) is 3. The number of carbonyl (C=O) groups excluding carboxylic acids is 3.